The number of nitrogens with one attached hydrogen (secondary N) is 1. The van der Waals surface area contributed by atoms with E-state index in [9.17, 15) is 14.4 Å². The molecule has 218 valence electrons. The Morgan fingerprint density at radius 1 is 1.24 bits per heavy atom. The lowest BCUT2D eigenvalue weighted by Crippen LogP contribution is -2.63. The maximum atomic E-state index is 16.5. The van der Waals surface area contributed by atoms with E-state index in [1.165, 1.54) is 19.4 Å². The third kappa shape index (κ3) is 4.83. The Morgan fingerprint density at radius 2 is 1.98 bits per heavy atom. The zero-order valence-corrected chi connectivity index (χ0v) is 24.4. The first-order valence-corrected chi connectivity index (χ1v) is 14.5. The number of carbonyl (C=O) groups excluding carboxylic acids is 3. The monoisotopic (exact) mass is 610 g/mol. The van der Waals surface area contributed by atoms with Crippen molar-refractivity contribution in [1.82, 2.24) is 4.90 Å². The maximum absolute atomic E-state index is 16.5. The van der Waals surface area contributed by atoms with Gasteiger partial charge in [0.2, 0.25) is 11.8 Å². The molecule has 8 nitrogen and oxygen atoms in total. The summed E-state index contributed by atoms with van der Waals surface area (Å²) in [4.78, 5) is 47.9. The predicted molar refractivity (Wildman–Crippen MR) is 160 cm³/mol. The molecule has 1 saturated carbocycles. The molecule has 2 amide bonds. The van der Waals surface area contributed by atoms with Crippen LogP contribution in [0.4, 0.5) is 15.8 Å². The van der Waals surface area contributed by atoms with Crippen LogP contribution in [0.3, 0.4) is 0 Å². The number of fused-ring (bicyclic) bond motifs is 2. The summed E-state index contributed by atoms with van der Waals surface area (Å²) in [5.41, 5.74) is 0.999. The molecule has 0 aromatic heterocycles. The van der Waals surface area contributed by atoms with Crippen LogP contribution in [0.15, 0.2) is 71.1 Å². The number of anilines is 2. The fourth-order valence-electron chi connectivity index (χ4n) is 6.76. The van der Waals surface area contributed by atoms with Crippen molar-refractivity contribution in [2.45, 2.75) is 30.8 Å². The van der Waals surface area contributed by atoms with Crippen molar-refractivity contribution in [2.75, 3.05) is 30.4 Å². The van der Waals surface area contributed by atoms with E-state index < -0.39 is 35.2 Å². The first kappa shape index (κ1) is 28.6. The molecule has 1 spiro atoms. The van der Waals surface area contributed by atoms with E-state index in [0.717, 1.165) is 18.4 Å². The van der Waals surface area contributed by atoms with Gasteiger partial charge in [-0.15, -0.1) is 0 Å². The molecule has 3 aliphatic heterocycles. The number of ether oxygens (including phenoxy) is 1. The third-order valence-electron chi connectivity index (χ3n) is 8.79. The summed E-state index contributed by atoms with van der Waals surface area (Å²) in [6.07, 6.45) is 4.62. The fourth-order valence-corrected chi connectivity index (χ4v) is 6.99. The highest BCUT2D eigenvalue weighted by Crippen LogP contribution is 2.56. The average Bonchev–Trinajstić information content (AvgIpc) is 3.68. The Bertz CT molecular complexity index is 1540. The molecular weight excluding hydrogens is 582 g/mol. The number of likely N-dealkylation sites (tertiary alicyclic amines) is 1. The molecule has 2 saturated heterocycles. The van der Waals surface area contributed by atoms with Gasteiger partial charge in [-0.05, 0) is 66.8 Å². The van der Waals surface area contributed by atoms with Crippen LogP contribution in [0, 0.1) is 17.8 Å². The lowest BCUT2D eigenvalue weighted by Gasteiger charge is -2.46. The Labute approximate surface area is 252 Å². The number of hydrogen-bond acceptors (Lipinski definition) is 6. The van der Waals surface area contributed by atoms with E-state index in [1.807, 2.05) is 6.07 Å². The van der Waals surface area contributed by atoms with Crippen LogP contribution in [0.5, 0.6) is 0 Å². The van der Waals surface area contributed by atoms with E-state index in [2.05, 4.69) is 21.8 Å². The Hall–Kier alpha value is -3.53. The number of amides is 2. The highest BCUT2D eigenvalue weighted by molar-refractivity contribution is 6.31. The fraction of sp³-hybridized carbons (Fsp3) is 0.355. The molecule has 6 rings (SSSR count). The standard InChI is InChI=1S/C31H29Cl2FN4O4/c1-17(32)35-12-11-23(34)27-26-25(16-37(28(26)39)22-9-6-19(7-10-22)29(40)42-2)38(15-18-3-4-18)31(27)14-20-5-8-21(33)13-24(20)36-30(31)41/h5-13,18,25-27H,1,3-4,14-16H2,2H3,(H,36,41)/b23-11-,35-12-/t25-,26+,27-,31+/m0/s1. The quantitative estimate of drug-likeness (QED) is 0.259. The summed E-state index contributed by atoms with van der Waals surface area (Å²) in [6.45, 7) is 4.34. The largest absolute Gasteiger partial charge is 0.465 e. The Morgan fingerprint density at radius 3 is 2.64 bits per heavy atom. The third-order valence-corrected chi connectivity index (χ3v) is 9.13. The molecule has 4 atom stereocenters. The smallest absolute Gasteiger partial charge is 0.337 e. The summed E-state index contributed by atoms with van der Waals surface area (Å²) >= 11 is 12.0. The minimum Gasteiger partial charge on any atom is -0.465 e. The van der Waals surface area contributed by atoms with E-state index in [-0.39, 0.29) is 29.9 Å². The lowest BCUT2D eigenvalue weighted by atomic mass is 9.72. The molecule has 0 bridgehead atoms. The van der Waals surface area contributed by atoms with Crippen LogP contribution in [0.25, 0.3) is 0 Å². The van der Waals surface area contributed by atoms with Crippen LogP contribution in [-0.2, 0) is 20.7 Å². The van der Waals surface area contributed by atoms with Gasteiger partial charge >= 0.3 is 5.97 Å². The van der Waals surface area contributed by atoms with Gasteiger partial charge in [-0.25, -0.2) is 14.2 Å². The minimum absolute atomic E-state index is 0.0202. The SMILES string of the molecule is C=C(Cl)/N=C\C=C(/F)[C@H]1[C@@H]2C(=O)N(c3ccc(C(=O)OC)cc3)C[C@@H]2N(CC2CC2)[C@]12Cc1ccc(Cl)cc1NC2=O. The minimum atomic E-state index is -1.35. The number of benzene rings is 2. The number of halogens is 3. The summed E-state index contributed by atoms with van der Waals surface area (Å²) in [5.74, 6) is -3.33. The van der Waals surface area contributed by atoms with Crippen molar-refractivity contribution in [2.24, 2.45) is 22.7 Å². The molecular formula is C31H29Cl2FN4O4. The van der Waals surface area contributed by atoms with Gasteiger partial charge in [0.15, 0.2) is 0 Å². The van der Waals surface area contributed by atoms with Crippen LogP contribution in [-0.4, -0.2) is 60.7 Å². The van der Waals surface area contributed by atoms with Crippen molar-refractivity contribution >= 4 is 58.6 Å². The molecule has 3 heterocycles. The first-order chi connectivity index (χ1) is 20.1. The van der Waals surface area contributed by atoms with Crippen LogP contribution in [0.1, 0.15) is 28.8 Å². The van der Waals surface area contributed by atoms with Crippen molar-refractivity contribution < 1.29 is 23.5 Å². The molecule has 3 fully saturated rings. The Kier molecular flexibility index (Phi) is 7.45. The normalized spacial score (nSPS) is 27.4. The number of allylic oxidation sites excluding steroid dienone is 1. The van der Waals surface area contributed by atoms with Crippen molar-refractivity contribution in [3.05, 3.63) is 82.3 Å². The molecule has 1 aliphatic carbocycles. The van der Waals surface area contributed by atoms with E-state index in [1.54, 1.807) is 41.3 Å². The van der Waals surface area contributed by atoms with Crippen molar-refractivity contribution in [3.8, 4) is 0 Å². The van der Waals surface area contributed by atoms with Crippen LogP contribution in [0.2, 0.25) is 5.02 Å². The average molecular weight is 612 g/mol. The lowest BCUT2D eigenvalue weighted by molar-refractivity contribution is -0.130. The molecule has 0 unspecified atom stereocenters. The van der Waals surface area contributed by atoms with Gasteiger partial charge in [0.1, 0.15) is 16.5 Å². The first-order valence-electron chi connectivity index (χ1n) is 13.7. The predicted octanol–water partition coefficient (Wildman–Crippen LogP) is 5.37. The summed E-state index contributed by atoms with van der Waals surface area (Å²) < 4.78 is 21.3. The van der Waals surface area contributed by atoms with Gasteiger partial charge in [-0.1, -0.05) is 35.8 Å². The molecule has 42 heavy (non-hydrogen) atoms. The van der Waals surface area contributed by atoms with Gasteiger partial charge in [0.05, 0.1) is 24.5 Å². The van der Waals surface area contributed by atoms with E-state index in [0.29, 0.717) is 34.4 Å². The zero-order valence-electron chi connectivity index (χ0n) is 22.9. The van der Waals surface area contributed by atoms with Crippen molar-refractivity contribution in [3.63, 3.8) is 0 Å². The summed E-state index contributed by atoms with van der Waals surface area (Å²) in [6, 6.07) is 11.4. The highest BCUT2D eigenvalue weighted by Gasteiger charge is 2.69. The number of aliphatic imine (C=N–C) groups is 1. The molecule has 2 aromatic rings. The number of esters is 1. The van der Waals surface area contributed by atoms with Gasteiger partial charge in [-0.3, -0.25) is 14.5 Å². The maximum Gasteiger partial charge on any atom is 0.337 e. The van der Waals surface area contributed by atoms with Crippen molar-refractivity contribution in [1.29, 1.82) is 0 Å². The second kappa shape index (κ2) is 10.9. The van der Waals surface area contributed by atoms with E-state index >= 15 is 4.39 Å². The number of nitrogens with zero attached hydrogens (tertiary/aromatic N) is 3. The number of methoxy groups -OCH3 is 1. The van der Waals surface area contributed by atoms with Crippen LogP contribution < -0.4 is 10.2 Å². The van der Waals surface area contributed by atoms with Crippen LogP contribution >= 0.6 is 23.2 Å². The summed E-state index contributed by atoms with van der Waals surface area (Å²) in [5, 5.41) is 3.45. The number of rotatable bonds is 7. The number of carbonyl (C=O) groups is 3. The second-order valence-electron chi connectivity index (χ2n) is 11.2. The van der Waals surface area contributed by atoms with E-state index in [4.69, 9.17) is 27.9 Å². The van der Waals surface area contributed by atoms with Gasteiger partial charge in [0.25, 0.3) is 0 Å². The molecule has 11 heteroatoms. The Balaban J connectivity index is 1.45. The van der Waals surface area contributed by atoms with Gasteiger partial charge in [0, 0.05) is 48.2 Å². The van der Waals surface area contributed by atoms with Gasteiger partial charge < -0.3 is 15.0 Å². The molecule has 1 N–H and O–H groups in total. The highest BCUT2D eigenvalue weighted by atomic mass is 35.5. The molecule has 2 aromatic carbocycles. The van der Waals surface area contributed by atoms with Gasteiger partial charge in [-0.2, -0.15) is 0 Å². The zero-order chi connectivity index (χ0) is 29.8. The summed E-state index contributed by atoms with van der Waals surface area (Å²) in [7, 11) is 1.30. The second-order valence-corrected chi connectivity index (χ2v) is 12.1. The topological polar surface area (TPSA) is 91.3 Å². The molecule has 0 radical (unpaired) electrons. The number of hydrogen-bond donors (Lipinski definition) is 1. The molecule has 4 aliphatic rings.